The molecule has 178 valence electrons. The summed E-state index contributed by atoms with van der Waals surface area (Å²) >= 11 is 0. The number of hydrogen-bond acceptors (Lipinski definition) is 5. The predicted octanol–water partition coefficient (Wildman–Crippen LogP) is 6.43. The first-order chi connectivity index (χ1) is 16.1. The highest BCUT2D eigenvalue weighted by molar-refractivity contribution is 6.05. The Bertz CT molecular complexity index is 1200. The number of nitrogens with zero attached hydrogens (tertiary/aromatic N) is 1. The lowest BCUT2D eigenvalue weighted by Crippen LogP contribution is -2.15. The number of carbonyl (C=O) groups is 1. The van der Waals surface area contributed by atoms with Crippen LogP contribution in [0.15, 0.2) is 60.7 Å². The minimum absolute atomic E-state index is 0.0453. The number of benzene rings is 3. The summed E-state index contributed by atoms with van der Waals surface area (Å²) in [4.78, 5) is 23.7. The molecule has 0 aliphatic carbocycles. The maximum absolute atomic E-state index is 13.0. The van der Waals surface area contributed by atoms with Gasteiger partial charge in [0.1, 0.15) is 18.1 Å². The summed E-state index contributed by atoms with van der Waals surface area (Å²) in [5.74, 6) is 1.04. The third kappa shape index (κ3) is 5.73. The average Bonchev–Trinajstić information content (AvgIpc) is 2.79. The maximum atomic E-state index is 13.0. The van der Waals surface area contributed by atoms with Gasteiger partial charge in [-0.2, -0.15) is 0 Å². The van der Waals surface area contributed by atoms with E-state index in [9.17, 15) is 14.9 Å². The summed E-state index contributed by atoms with van der Waals surface area (Å²) in [7, 11) is 0. The standard InChI is InChI=1S/C27H30N2O5/c1-6-33-24-15-14-19(26(30)28-22-11-9-12-23(18(22)2)29(31)32)16-20(24)17-34-25-13-8-7-10-21(25)27(3,4)5/h7-16H,6,17H2,1-5H3,(H,28,30). The second kappa shape index (κ2) is 10.4. The number of carbonyl (C=O) groups excluding carboxylic acids is 1. The molecule has 3 rings (SSSR count). The molecule has 0 saturated carbocycles. The summed E-state index contributed by atoms with van der Waals surface area (Å²) in [5, 5.41) is 14.0. The minimum atomic E-state index is -0.466. The SMILES string of the molecule is CCOc1ccc(C(=O)Nc2cccc([N+](=O)[O-])c2C)cc1COc1ccccc1C(C)(C)C. The van der Waals surface area contributed by atoms with Crippen molar-refractivity contribution in [2.45, 2.75) is 46.6 Å². The van der Waals surface area contributed by atoms with Crippen LogP contribution >= 0.6 is 0 Å². The summed E-state index contributed by atoms with van der Waals surface area (Å²) in [6.45, 7) is 10.6. The third-order valence-electron chi connectivity index (χ3n) is 5.45. The number of para-hydroxylation sites is 1. The van der Waals surface area contributed by atoms with E-state index in [2.05, 4.69) is 26.1 Å². The van der Waals surface area contributed by atoms with Crippen LogP contribution < -0.4 is 14.8 Å². The van der Waals surface area contributed by atoms with E-state index in [1.54, 1.807) is 37.3 Å². The van der Waals surface area contributed by atoms with Crippen LogP contribution in [0.4, 0.5) is 11.4 Å². The fourth-order valence-corrected chi connectivity index (χ4v) is 3.65. The van der Waals surface area contributed by atoms with Gasteiger partial charge in [-0.25, -0.2) is 0 Å². The van der Waals surface area contributed by atoms with Gasteiger partial charge < -0.3 is 14.8 Å². The van der Waals surface area contributed by atoms with E-state index >= 15 is 0 Å². The monoisotopic (exact) mass is 462 g/mol. The number of nitro groups is 1. The fraction of sp³-hybridized carbons (Fsp3) is 0.296. The van der Waals surface area contributed by atoms with Crippen LogP contribution in [-0.2, 0) is 12.0 Å². The van der Waals surface area contributed by atoms with Gasteiger partial charge in [0.05, 0.1) is 22.8 Å². The zero-order valence-corrected chi connectivity index (χ0v) is 20.2. The second-order valence-electron chi connectivity index (χ2n) is 8.95. The van der Waals surface area contributed by atoms with Crippen molar-refractivity contribution in [1.29, 1.82) is 0 Å². The predicted molar refractivity (Wildman–Crippen MR) is 133 cm³/mol. The molecular formula is C27H30N2O5. The molecule has 0 saturated heterocycles. The van der Waals surface area contributed by atoms with E-state index in [0.29, 0.717) is 29.2 Å². The number of hydrogen-bond donors (Lipinski definition) is 1. The first-order valence-electron chi connectivity index (χ1n) is 11.1. The van der Waals surface area contributed by atoms with Gasteiger partial charge in [0.15, 0.2) is 0 Å². The summed E-state index contributed by atoms with van der Waals surface area (Å²) in [5.41, 5.74) is 2.88. The van der Waals surface area contributed by atoms with Gasteiger partial charge in [0.25, 0.3) is 11.6 Å². The lowest BCUT2D eigenvalue weighted by atomic mass is 9.86. The Morgan fingerprint density at radius 3 is 2.41 bits per heavy atom. The Hall–Kier alpha value is -3.87. The van der Waals surface area contributed by atoms with Crippen molar-refractivity contribution < 1.29 is 19.2 Å². The van der Waals surface area contributed by atoms with E-state index in [4.69, 9.17) is 9.47 Å². The van der Waals surface area contributed by atoms with E-state index in [0.717, 1.165) is 16.9 Å². The van der Waals surface area contributed by atoms with Crippen LogP contribution in [0.2, 0.25) is 0 Å². The smallest absolute Gasteiger partial charge is 0.274 e. The third-order valence-corrected chi connectivity index (χ3v) is 5.45. The largest absolute Gasteiger partial charge is 0.493 e. The van der Waals surface area contributed by atoms with Crippen LogP contribution in [0.1, 0.15) is 54.7 Å². The molecule has 3 aromatic carbocycles. The average molecular weight is 463 g/mol. The number of nitrogens with one attached hydrogen (secondary N) is 1. The lowest BCUT2D eigenvalue weighted by molar-refractivity contribution is -0.385. The Labute approximate surface area is 199 Å². The molecule has 7 nitrogen and oxygen atoms in total. The molecule has 0 aromatic heterocycles. The van der Waals surface area contributed by atoms with Gasteiger partial charge >= 0.3 is 0 Å². The Kier molecular flexibility index (Phi) is 7.56. The van der Waals surface area contributed by atoms with Crippen molar-refractivity contribution in [3.63, 3.8) is 0 Å². The zero-order valence-electron chi connectivity index (χ0n) is 20.2. The molecule has 3 aromatic rings. The number of rotatable bonds is 8. The van der Waals surface area contributed by atoms with Crippen molar-refractivity contribution in [3.05, 3.63) is 93.0 Å². The Morgan fingerprint density at radius 1 is 1.00 bits per heavy atom. The van der Waals surface area contributed by atoms with Crippen molar-refractivity contribution in [2.24, 2.45) is 0 Å². The van der Waals surface area contributed by atoms with Crippen molar-refractivity contribution in [2.75, 3.05) is 11.9 Å². The molecule has 0 unspecified atom stereocenters. The van der Waals surface area contributed by atoms with Gasteiger partial charge in [0.2, 0.25) is 0 Å². The van der Waals surface area contributed by atoms with Crippen LogP contribution in [0, 0.1) is 17.0 Å². The molecule has 1 N–H and O–H groups in total. The maximum Gasteiger partial charge on any atom is 0.274 e. The first kappa shape index (κ1) is 24.8. The summed E-state index contributed by atoms with van der Waals surface area (Å²) in [6.07, 6.45) is 0. The number of amides is 1. The van der Waals surface area contributed by atoms with Crippen molar-refractivity contribution in [3.8, 4) is 11.5 Å². The minimum Gasteiger partial charge on any atom is -0.493 e. The highest BCUT2D eigenvalue weighted by Crippen LogP contribution is 2.32. The number of anilines is 1. The molecule has 1 amide bonds. The molecule has 7 heteroatoms. The Balaban J connectivity index is 1.86. The normalized spacial score (nSPS) is 11.1. The lowest BCUT2D eigenvalue weighted by Gasteiger charge is -2.23. The quantitative estimate of drug-likeness (QED) is 0.308. The van der Waals surface area contributed by atoms with E-state index in [1.165, 1.54) is 6.07 Å². The molecule has 0 aliphatic heterocycles. The molecule has 0 heterocycles. The summed E-state index contributed by atoms with van der Waals surface area (Å²) < 4.78 is 11.9. The zero-order chi connectivity index (χ0) is 24.9. The number of ether oxygens (including phenoxy) is 2. The highest BCUT2D eigenvalue weighted by Gasteiger charge is 2.20. The van der Waals surface area contributed by atoms with Crippen molar-refractivity contribution >= 4 is 17.3 Å². The second-order valence-corrected chi connectivity index (χ2v) is 8.95. The Morgan fingerprint density at radius 2 is 1.74 bits per heavy atom. The highest BCUT2D eigenvalue weighted by atomic mass is 16.6. The van der Waals surface area contributed by atoms with Crippen LogP contribution in [-0.4, -0.2) is 17.4 Å². The van der Waals surface area contributed by atoms with Gasteiger partial charge in [-0.3, -0.25) is 14.9 Å². The van der Waals surface area contributed by atoms with Gasteiger partial charge in [-0.05, 0) is 55.2 Å². The van der Waals surface area contributed by atoms with Gasteiger partial charge in [-0.15, -0.1) is 0 Å². The summed E-state index contributed by atoms with van der Waals surface area (Å²) in [6, 6.07) is 17.6. The molecule has 0 aliphatic rings. The van der Waals surface area contributed by atoms with Crippen molar-refractivity contribution in [1.82, 2.24) is 0 Å². The molecule has 34 heavy (non-hydrogen) atoms. The topological polar surface area (TPSA) is 90.7 Å². The molecule has 0 spiro atoms. The molecule has 0 bridgehead atoms. The molecule has 0 fully saturated rings. The van der Waals surface area contributed by atoms with Crippen LogP contribution in [0.25, 0.3) is 0 Å². The van der Waals surface area contributed by atoms with Crippen LogP contribution in [0.3, 0.4) is 0 Å². The first-order valence-corrected chi connectivity index (χ1v) is 11.1. The van der Waals surface area contributed by atoms with E-state index in [1.807, 2.05) is 31.2 Å². The fourth-order valence-electron chi connectivity index (χ4n) is 3.65. The van der Waals surface area contributed by atoms with Crippen LogP contribution in [0.5, 0.6) is 11.5 Å². The van der Waals surface area contributed by atoms with Gasteiger partial charge in [0, 0.05) is 17.2 Å². The van der Waals surface area contributed by atoms with E-state index in [-0.39, 0.29) is 23.6 Å². The molecular weight excluding hydrogens is 432 g/mol. The molecule has 0 radical (unpaired) electrons. The number of nitro benzene ring substituents is 1. The van der Waals surface area contributed by atoms with E-state index < -0.39 is 4.92 Å². The molecule has 0 atom stereocenters. The van der Waals surface area contributed by atoms with Gasteiger partial charge in [-0.1, -0.05) is 45.0 Å².